The van der Waals surface area contributed by atoms with Crippen molar-refractivity contribution in [1.29, 1.82) is 0 Å². The Hall–Kier alpha value is -6.33. The number of aromatic nitrogens is 5. The molecule has 0 saturated heterocycles. The average Bonchev–Trinajstić information content (AvgIpc) is 3.72. The first-order valence-corrected chi connectivity index (χ1v) is 15.8. The summed E-state index contributed by atoms with van der Waals surface area (Å²) < 4.78 is 4.68. The van der Waals surface area contributed by atoms with Crippen molar-refractivity contribution in [3.8, 4) is 45.5 Å². The van der Waals surface area contributed by atoms with E-state index in [0.29, 0.717) is 17.5 Å². The van der Waals surface area contributed by atoms with Gasteiger partial charge in [-0.05, 0) is 61.0 Å². The highest BCUT2D eigenvalue weighted by molar-refractivity contribution is 6.18. The van der Waals surface area contributed by atoms with Crippen LogP contribution in [0.15, 0.2) is 158 Å². The van der Waals surface area contributed by atoms with Crippen LogP contribution in [-0.4, -0.2) is 24.1 Å². The molecule has 47 heavy (non-hydrogen) atoms. The van der Waals surface area contributed by atoms with Crippen molar-refractivity contribution < 1.29 is 0 Å². The third kappa shape index (κ3) is 4.51. The standard InChI is InChI=1S/C42H29N5/c1-28-12-8-10-18-36(28)46-27-26-35-37(46)25-24-34-33-17-9-11-19-38(33)47(39(34)35)32-22-20-31(21-23-32)42-44-40(29-13-4-2-5-14-29)43-41(45-42)30-15-6-3-7-16-30/h2-27H,1H3. The molecular formula is C42H29N5. The van der Waals surface area contributed by atoms with Crippen LogP contribution in [0.4, 0.5) is 0 Å². The summed E-state index contributed by atoms with van der Waals surface area (Å²) in [4.78, 5) is 14.7. The van der Waals surface area contributed by atoms with E-state index in [9.17, 15) is 0 Å². The highest BCUT2D eigenvalue weighted by Crippen LogP contribution is 2.38. The molecule has 0 bridgehead atoms. The minimum Gasteiger partial charge on any atom is -0.316 e. The van der Waals surface area contributed by atoms with Crippen molar-refractivity contribution in [2.75, 3.05) is 0 Å². The Labute approximate surface area is 272 Å². The molecule has 0 amide bonds. The Kier molecular flexibility index (Phi) is 6.28. The molecule has 6 aromatic carbocycles. The fourth-order valence-corrected chi connectivity index (χ4v) is 6.69. The van der Waals surface area contributed by atoms with Gasteiger partial charge in [0, 0.05) is 50.4 Å². The van der Waals surface area contributed by atoms with Crippen molar-refractivity contribution in [3.05, 3.63) is 163 Å². The Bertz CT molecular complexity index is 2500. The summed E-state index contributed by atoms with van der Waals surface area (Å²) in [7, 11) is 0. The van der Waals surface area contributed by atoms with Crippen LogP contribution < -0.4 is 0 Å². The molecule has 0 aliphatic heterocycles. The summed E-state index contributed by atoms with van der Waals surface area (Å²) in [6, 6.07) is 52.7. The van der Waals surface area contributed by atoms with Gasteiger partial charge < -0.3 is 9.13 Å². The van der Waals surface area contributed by atoms with Crippen LogP contribution >= 0.6 is 0 Å². The van der Waals surface area contributed by atoms with Gasteiger partial charge in [0.25, 0.3) is 0 Å². The summed E-state index contributed by atoms with van der Waals surface area (Å²) >= 11 is 0. The SMILES string of the molecule is Cc1ccccc1-n1ccc2c1ccc1c3ccccc3n(-c3ccc(-c4nc(-c5ccccc5)nc(-c5ccccc5)n4)cc3)c12. The minimum absolute atomic E-state index is 0.643. The Morgan fingerprint density at radius 2 is 1.00 bits per heavy atom. The first kappa shape index (κ1) is 27.0. The molecule has 3 aromatic heterocycles. The first-order valence-electron chi connectivity index (χ1n) is 15.8. The van der Waals surface area contributed by atoms with Crippen LogP contribution in [0.25, 0.3) is 78.2 Å². The molecule has 0 fully saturated rings. The monoisotopic (exact) mass is 603 g/mol. The molecule has 0 aliphatic rings. The van der Waals surface area contributed by atoms with Gasteiger partial charge in [0.05, 0.1) is 16.6 Å². The van der Waals surface area contributed by atoms with E-state index in [2.05, 4.69) is 113 Å². The van der Waals surface area contributed by atoms with E-state index in [1.165, 1.54) is 44.0 Å². The highest BCUT2D eigenvalue weighted by Gasteiger charge is 2.18. The van der Waals surface area contributed by atoms with Gasteiger partial charge in [-0.2, -0.15) is 0 Å². The van der Waals surface area contributed by atoms with Gasteiger partial charge in [0.2, 0.25) is 0 Å². The Morgan fingerprint density at radius 3 is 1.66 bits per heavy atom. The third-order valence-corrected chi connectivity index (χ3v) is 8.96. The predicted octanol–water partition coefficient (Wildman–Crippen LogP) is 10.2. The smallest absolute Gasteiger partial charge is 0.164 e. The number of hydrogen-bond acceptors (Lipinski definition) is 3. The maximum Gasteiger partial charge on any atom is 0.164 e. The van der Waals surface area contributed by atoms with E-state index in [4.69, 9.17) is 15.0 Å². The van der Waals surface area contributed by atoms with Gasteiger partial charge in [-0.1, -0.05) is 103 Å². The topological polar surface area (TPSA) is 48.5 Å². The third-order valence-electron chi connectivity index (χ3n) is 8.96. The molecule has 3 heterocycles. The molecular weight excluding hydrogens is 574 g/mol. The van der Waals surface area contributed by atoms with Crippen LogP contribution in [0.1, 0.15) is 5.56 Å². The second kappa shape index (κ2) is 10.9. The number of nitrogens with zero attached hydrogens (tertiary/aromatic N) is 5. The van der Waals surface area contributed by atoms with E-state index in [1.807, 2.05) is 60.7 Å². The first-order chi connectivity index (χ1) is 23.2. The Balaban J connectivity index is 1.21. The predicted molar refractivity (Wildman–Crippen MR) is 192 cm³/mol. The van der Waals surface area contributed by atoms with Gasteiger partial charge in [0.1, 0.15) is 0 Å². The number of aryl methyl sites for hydroxylation is 1. The summed E-state index contributed by atoms with van der Waals surface area (Å²) in [6.07, 6.45) is 2.19. The maximum absolute atomic E-state index is 4.94. The van der Waals surface area contributed by atoms with Crippen molar-refractivity contribution in [1.82, 2.24) is 24.1 Å². The zero-order valence-electron chi connectivity index (χ0n) is 25.7. The maximum atomic E-state index is 4.94. The number of hydrogen-bond donors (Lipinski definition) is 0. The van der Waals surface area contributed by atoms with Crippen LogP contribution in [0.5, 0.6) is 0 Å². The van der Waals surface area contributed by atoms with Gasteiger partial charge in [-0.15, -0.1) is 0 Å². The van der Waals surface area contributed by atoms with E-state index < -0.39 is 0 Å². The lowest BCUT2D eigenvalue weighted by atomic mass is 10.1. The molecule has 0 N–H and O–H groups in total. The molecule has 0 saturated carbocycles. The minimum atomic E-state index is 0.643. The second-order valence-electron chi connectivity index (χ2n) is 11.8. The molecule has 5 nitrogen and oxygen atoms in total. The van der Waals surface area contributed by atoms with Crippen molar-refractivity contribution >= 4 is 32.7 Å². The molecule has 0 unspecified atom stereocenters. The molecule has 0 aliphatic carbocycles. The van der Waals surface area contributed by atoms with E-state index >= 15 is 0 Å². The van der Waals surface area contributed by atoms with Gasteiger partial charge in [0.15, 0.2) is 17.5 Å². The number of fused-ring (bicyclic) bond motifs is 5. The summed E-state index contributed by atoms with van der Waals surface area (Å²) in [5.74, 6) is 1.95. The highest BCUT2D eigenvalue weighted by atomic mass is 15.0. The lowest BCUT2D eigenvalue weighted by molar-refractivity contribution is 1.07. The van der Waals surface area contributed by atoms with Crippen molar-refractivity contribution in [2.45, 2.75) is 6.92 Å². The average molecular weight is 604 g/mol. The van der Waals surface area contributed by atoms with Gasteiger partial charge >= 0.3 is 0 Å². The number of para-hydroxylation sites is 2. The van der Waals surface area contributed by atoms with Crippen molar-refractivity contribution in [3.63, 3.8) is 0 Å². The molecule has 0 spiro atoms. The van der Waals surface area contributed by atoms with Crippen LogP contribution in [0, 0.1) is 6.92 Å². The van der Waals surface area contributed by atoms with Gasteiger partial charge in [-0.3, -0.25) is 0 Å². The van der Waals surface area contributed by atoms with E-state index in [1.54, 1.807) is 0 Å². The molecule has 0 atom stereocenters. The molecule has 5 heteroatoms. The molecule has 9 rings (SSSR count). The summed E-state index contributed by atoms with van der Waals surface area (Å²) in [5, 5.41) is 3.68. The zero-order valence-corrected chi connectivity index (χ0v) is 25.7. The van der Waals surface area contributed by atoms with E-state index in [-0.39, 0.29) is 0 Å². The van der Waals surface area contributed by atoms with Crippen LogP contribution in [-0.2, 0) is 0 Å². The summed E-state index contributed by atoms with van der Waals surface area (Å²) in [5.41, 5.74) is 9.90. The lowest BCUT2D eigenvalue weighted by Crippen LogP contribution is -2.00. The Morgan fingerprint density at radius 1 is 0.426 bits per heavy atom. The van der Waals surface area contributed by atoms with E-state index in [0.717, 1.165) is 22.4 Å². The largest absolute Gasteiger partial charge is 0.316 e. The fourth-order valence-electron chi connectivity index (χ4n) is 6.69. The molecule has 0 radical (unpaired) electrons. The fraction of sp³-hybridized carbons (Fsp3) is 0.0238. The summed E-state index contributed by atoms with van der Waals surface area (Å²) in [6.45, 7) is 2.16. The van der Waals surface area contributed by atoms with Crippen LogP contribution in [0.2, 0.25) is 0 Å². The molecule has 9 aromatic rings. The normalized spacial score (nSPS) is 11.5. The lowest BCUT2D eigenvalue weighted by Gasteiger charge is -2.12. The number of rotatable bonds is 5. The quantitative estimate of drug-likeness (QED) is 0.197. The van der Waals surface area contributed by atoms with Gasteiger partial charge in [-0.25, -0.2) is 15.0 Å². The zero-order chi connectivity index (χ0) is 31.3. The van der Waals surface area contributed by atoms with Crippen molar-refractivity contribution in [2.24, 2.45) is 0 Å². The molecule has 222 valence electrons. The second-order valence-corrected chi connectivity index (χ2v) is 11.8. The number of benzene rings is 6. The van der Waals surface area contributed by atoms with Crippen LogP contribution in [0.3, 0.4) is 0 Å².